The summed E-state index contributed by atoms with van der Waals surface area (Å²) in [6, 6.07) is -0.253. The zero-order valence-electron chi connectivity index (χ0n) is 12.2. The number of urea groups is 1. The van der Waals surface area contributed by atoms with E-state index in [-0.39, 0.29) is 12.6 Å². The quantitative estimate of drug-likeness (QED) is 0.714. The third-order valence-electron chi connectivity index (χ3n) is 3.72. The Morgan fingerprint density at radius 2 is 2.05 bits per heavy atom. The van der Waals surface area contributed by atoms with E-state index in [1.54, 1.807) is 12.0 Å². The highest BCUT2D eigenvalue weighted by Gasteiger charge is 2.40. The molecule has 116 valence electrons. The molecule has 0 unspecified atom stereocenters. The Hall–Kier alpha value is -1.34. The van der Waals surface area contributed by atoms with Crippen LogP contribution in [0, 0.1) is 5.41 Å². The third-order valence-corrected chi connectivity index (χ3v) is 3.72. The van der Waals surface area contributed by atoms with E-state index in [1.807, 2.05) is 6.92 Å². The lowest BCUT2D eigenvalue weighted by molar-refractivity contribution is -0.154. The minimum absolute atomic E-state index is 0.133. The fraction of sp³-hybridized carbons (Fsp3) is 0.846. The normalized spacial score (nSPS) is 17.5. The van der Waals surface area contributed by atoms with Crippen LogP contribution in [-0.2, 0) is 14.3 Å². The molecule has 1 rings (SSSR count). The van der Waals surface area contributed by atoms with Crippen LogP contribution in [0.15, 0.2) is 0 Å². The van der Waals surface area contributed by atoms with Crippen molar-refractivity contribution >= 4 is 12.0 Å². The topological polar surface area (TPSA) is 88.1 Å². The van der Waals surface area contributed by atoms with Gasteiger partial charge in [-0.2, -0.15) is 0 Å². The second-order valence-corrected chi connectivity index (χ2v) is 4.93. The van der Waals surface area contributed by atoms with Gasteiger partial charge in [-0.15, -0.1) is 0 Å². The largest absolute Gasteiger partial charge is 0.481 e. The average molecular weight is 288 g/mol. The number of carbonyl (C=O) groups is 2. The van der Waals surface area contributed by atoms with Crippen molar-refractivity contribution in [3.05, 3.63) is 0 Å². The van der Waals surface area contributed by atoms with Gasteiger partial charge in [-0.3, -0.25) is 4.79 Å². The third kappa shape index (κ3) is 4.35. The summed E-state index contributed by atoms with van der Waals surface area (Å²) in [6.45, 7) is 4.34. The van der Waals surface area contributed by atoms with Crippen LogP contribution in [0.3, 0.4) is 0 Å². The average Bonchev–Trinajstić information content (AvgIpc) is 2.46. The molecule has 0 radical (unpaired) electrons. The number of methoxy groups -OCH3 is 1. The highest BCUT2D eigenvalue weighted by atomic mass is 16.5. The van der Waals surface area contributed by atoms with Gasteiger partial charge in [0.25, 0.3) is 0 Å². The summed E-state index contributed by atoms with van der Waals surface area (Å²) < 4.78 is 10.1. The lowest BCUT2D eigenvalue weighted by Crippen LogP contribution is -2.50. The molecule has 1 saturated heterocycles. The van der Waals surface area contributed by atoms with Crippen molar-refractivity contribution in [2.45, 2.75) is 19.8 Å². The van der Waals surface area contributed by atoms with Crippen LogP contribution in [0.25, 0.3) is 0 Å². The number of nitrogens with one attached hydrogen (secondary N) is 1. The van der Waals surface area contributed by atoms with Gasteiger partial charge in [0.05, 0.1) is 12.0 Å². The number of hydrogen-bond acceptors (Lipinski definition) is 4. The Kier molecular flexibility index (Phi) is 6.74. The highest BCUT2D eigenvalue weighted by molar-refractivity contribution is 5.78. The van der Waals surface area contributed by atoms with Gasteiger partial charge in [0.15, 0.2) is 0 Å². The summed E-state index contributed by atoms with van der Waals surface area (Å²) in [5, 5.41) is 12.1. The maximum atomic E-state index is 12.0. The Morgan fingerprint density at radius 1 is 1.40 bits per heavy atom. The van der Waals surface area contributed by atoms with Crippen molar-refractivity contribution < 1.29 is 24.2 Å². The van der Waals surface area contributed by atoms with Crippen LogP contribution < -0.4 is 5.32 Å². The SMILES string of the molecule is CCN(CCOC)C(=O)NCC1(C(=O)O)CCOCC1. The van der Waals surface area contributed by atoms with E-state index < -0.39 is 11.4 Å². The molecular weight excluding hydrogens is 264 g/mol. The molecule has 1 aliphatic rings. The van der Waals surface area contributed by atoms with E-state index in [0.29, 0.717) is 45.8 Å². The first-order valence-electron chi connectivity index (χ1n) is 6.88. The molecule has 0 saturated carbocycles. The van der Waals surface area contributed by atoms with Gasteiger partial charge in [-0.1, -0.05) is 0 Å². The Morgan fingerprint density at radius 3 is 2.55 bits per heavy atom. The Bertz CT molecular complexity index is 329. The van der Waals surface area contributed by atoms with Gasteiger partial charge in [0.1, 0.15) is 0 Å². The molecule has 20 heavy (non-hydrogen) atoms. The number of aliphatic carboxylic acids is 1. The Labute approximate surface area is 119 Å². The standard InChI is InChI=1S/C13H24N2O5/c1-3-15(6-9-19-2)12(18)14-10-13(11(16)17)4-7-20-8-5-13/h3-10H2,1-2H3,(H,14,18)(H,16,17). The van der Waals surface area contributed by atoms with Gasteiger partial charge >= 0.3 is 12.0 Å². The molecule has 0 aromatic rings. The molecule has 0 aromatic heterocycles. The number of ether oxygens (including phenoxy) is 2. The van der Waals surface area contributed by atoms with Crippen molar-refractivity contribution in [2.75, 3.05) is 46.6 Å². The second-order valence-electron chi connectivity index (χ2n) is 4.93. The number of nitrogens with zero attached hydrogens (tertiary/aromatic N) is 1. The predicted molar refractivity (Wildman–Crippen MR) is 72.6 cm³/mol. The first kappa shape index (κ1) is 16.7. The number of amides is 2. The van der Waals surface area contributed by atoms with E-state index in [9.17, 15) is 14.7 Å². The zero-order chi connectivity index (χ0) is 15.0. The molecule has 2 N–H and O–H groups in total. The predicted octanol–water partition coefficient (Wildman–Crippen LogP) is 0.546. The molecule has 7 heteroatoms. The number of likely N-dealkylation sites (N-methyl/N-ethyl adjacent to an activating group) is 1. The molecule has 0 aliphatic carbocycles. The lowest BCUT2D eigenvalue weighted by Gasteiger charge is -2.34. The maximum absolute atomic E-state index is 12.0. The monoisotopic (exact) mass is 288 g/mol. The molecule has 0 atom stereocenters. The summed E-state index contributed by atoms with van der Waals surface area (Å²) >= 11 is 0. The van der Waals surface area contributed by atoms with E-state index in [2.05, 4.69) is 5.32 Å². The summed E-state index contributed by atoms with van der Waals surface area (Å²) in [7, 11) is 1.58. The molecule has 7 nitrogen and oxygen atoms in total. The lowest BCUT2D eigenvalue weighted by atomic mass is 9.80. The number of carbonyl (C=O) groups excluding carboxylic acids is 1. The first-order valence-corrected chi connectivity index (χ1v) is 6.88. The molecule has 1 heterocycles. The van der Waals surface area contributed by atoms with Crippen LogP contribution in [0.1, 0.15) is 19.8 Å². The highest BCUT2D eigenvalue weighted by Crippen LogP contribution is 2.30. The number of carboxylic acids is 1. The summed E-state index contributed by atoms with van der Waals surface area (Å²) in [5.74, 6) is -0.874. The van der Waals surface area contributed by atoms with Crippen molar-refractivity contribution in [1.29, 1.82) is 0 Å². The Balaban J connectivity index is 2.53. The molecule has 0 spiro atoms. The van der Waals surface area contributed by atoms with Crippen molar-refractivity contribution in [1.82, 2.24) is 10.2 Å². The van der Waals surface area contributed by atoms with Gasteiger partial charge in [-0.05, 0) is 19.8 Å². The van der Waals surface area contributed by atoms with Gasteiger partial charge in [0, 0.05) is 40.0 Å². The maximum Gasteiger partial charge on any atom is 0.317 e. The van der Waals surface area contributed by atoms with E-state index >= 15 is 0 Å². The second kappa shape index (κ2) is 8.06. The van der Waals surface area contributed by atoms with Crippen molar-refractivity contribution in [2.24, 2.45) is 5.41 Å². The minimum Gasteiger partial charge on any atom is -0.481 e. The molecular formula is C13H24N2O5. The first-order chi connectivity index (χ1) is 9.55. The molecule has 2 amide bonds. The fourth-order valence-corrected chi connectivity index (χ4v) is 2.19. The molecule has 1 aliphatic heterocycles. The smallest absolute Gasteiger partial charge is 0.317 e. The van der Waals surface area contributed by atoms with Crippen LogP contribution in [0.2, 0.25) is 0 Å². The van der Waals surface area contributed by atoms with Crippen LogP contribution in [0.5, 0.6) is 0 Å². The van der Waals surface area contributed by atoms with Gasteiger partial charge < -0.3 is 24.8 Å². The van der Waals surface area contributed by atoms with Crippen molar-refractivity contribution in [3.8, 4) is 0 Å². The van der Waals surface area contributed by atoms with Crippen LogP contribution in [0.4, 0.5) is 4.79 Å². The molecule has 1 fully saturated rings. The number of hydrogen-bond donors (Lipinski definition) is 2. The summed E-state index contributed by atoms with van der Waals surface area (Å²) in [4.78, 5) is 25.1. The van der Waals surface area contributed by atoms with Crippen LogP contribution in [-0.4, -0.2) is 68.6 Å². The van der Waals surface area contributed by atoms with E-state index in [4.69, 9.17) is 9.47 Å². The zero-order valence-corrected chi connectivity index (χ0v) is 12.2. The van der Waals surface area contributed by atoms with Crippen LogP contribution >= 0.6 is 0 Å². The molecule has 0 bridgehead atoms. The summed E-state index contributed by atoms with van der Waals surface area (Å²) in [6.07, 6.45) is 0.847. The minimum atomic E-state index is -0.908. The fourth-order valence-electron chi connectivity index (χ4n) is 2.19. The van der Waals surface area contributed by atoms with E-state index in [0.717, 1.165) is 0 Å². The summed E-state index contributed by atoms with van der Waals surface area (Å²) in [5.41, 5.74) is -0.908. The van der Waals surface area contributed by atoms with Gasteiger partial charge in [-0.25, -0.2) is 4.79 Å². The van der Waals surface area contributed by atoms with Crippen molar-refractivity contribution in [3.63, 3.8) is 0 Å². The van der Waals surface area contributed by atoms with Gasteiger partial charge in [0.2, 0.25) is 0 Å². The number of rotatable bonds is 7. The van der Waals surface area contributed by atoms with E-state index in [1.165, 1.54) is 0 Å². The molecule has 0 aromatic carbocycles. The number of carboxylic acid groups (broad SMARTS) is 1.